The summed E-state index contributed by atoms with van der Waals surface area (Å²) < 4.78 is 1.87. The minimum atomic E-state index is -0.0340. The van der Waals surface area contributed by atoms with E-state index in [-0.39, 0.29) is 23.8 Å². The lowest BCUT2D eigenvalue weighted by Crippen LogP contribution is -2.41. The summed E-state index contributed by atoms with van der Waals surface area (Å²) in [6, 6.07) is 0.126. The van der Waals surface area contributed by atoms with Gasteiger partial charge in [0, 0.05) is 38.3 Å². The van der Waals surface area contributed by atoms with Crippen LogP contribution in [0.3, 0.4) is 0 Å². The molecule has 0 aromatic carbocycles. The van der Waals surface area contributed by atoms with E-state index in [1.807, 2.05) is 30.5 Å². The van der Waals surface area contributed by atoms with Crippen molar-refractivity contribution in [1.29, 1.82) is 0 Å². The van der Waals surface area contributed by atoms with Crippen molar-refractivity contribution >= 4 is 11.8 Å². The molecule has 0 spiro atoms. The molecule has 1 N–H and O–H groups in total. The average Bonchev–Trinajstić information content (AvgIpc) is 2.64. The molecule has 0 aliphatic carbocycles. The number of hydrogen-bond donors (Lipinski definition) is 1. The van der Waals surface area contributed by atoms with Crippen LogP contribution in [0.1, 0.15) is 42.6 Å². The van der Waals surface area contributed by atoms with Gasteiger partial charge in [0.05, 0.1) is 11.6 Å². The zero-order chi connectivity index (χ0) is 16.6. The van der Waals surface area contributed by atoms with Gasteiger partial charge in [0.2, 0.25) is 11.8 Å². The number of amides is 2. The number of carbonyl (C=O) groups excluding carboxylic acids is 2. The van der Waals surface area contributed by atoms with Crippen molar-refractivity contribution in [3.05, 3.63) is 17.0 Å². The zero-order valence-electron chi connectivity index (χ0n) is 14.3. The van der Waals surface area contributed by atoms with E-state index in [2.05, 4.69) is 10.4 Å². The Morgan fingerprint density at radius 1 is 1.30 bits per heavy atom. The molecule has 3 rings (SSSR count). The fraction of sp³-hybridized carbons (Fsp3) is 0.706. The van der Waals surface area contributed by atoms with Gasteiger partial charge in [-0.2, -0.15) is 5.10 Å². The quantitative estimate of drug-likeness (QED) is 0.907. The van der Waals surface area contributed by atoms with Gasteiger partial charge in [0.1, 0.15) is 0 Å². The minimum Gasteiger partial charge on any atom is -0.351 e. The molecule has 2 amide bonds. The van der Waals surface area contributed by atoms with Gasteiger partial charge in [-0.25, -0.2) is 0 Å². The van der Waals surface area contributed by atoms with Crippen LogP contribution in [0.25, 0.3) is 0 Å². The summed E-state index contributed by atoms with van der Waals surface area (Å²) in [6.45, 7) is 5.27. The molecule has 1 aromatic rings. The van der Waals surface area contributed by atoms with Crippen LogP contribution in [0.5, 0.6) is 0 Å². The number of likely N-dealkylation sites (tertiary alicyclic amines) is 1. The smallest absolute Gasteiger partial charge is 0.225 e. The van der Waals surface area contributed by atoms with Crippen molar-refractivity contribution in [3.63, 3.8) is 0 Å². The summed E-state index contributed by atoms with van der Waals surface area (Å²) >= 11 is 0. The van der Waals surface area contributed by atoms with Crippen LogP contribution >= 0.6 is 0 Å². The van der Waals surface area contributed by atoms with E-state index in [1.54, 1.807) is 0 Å². The van der Waals surface area contributed by atoms with E-state index in [0.717, 1.165) is 37.1 Å². The van der Waals surface area contributed by atoms with Crippen molar-refractivity contribution in [2.24, 2.45) is 13.0 Å². The Morgan fingerprint density at radius 2 is 2.09 bits per heavy atom. The summed E-state index contributed by atoms with van der Waals surface area (Å²) in [5.41, 5.74) is 3.30. The molecule has 2 fully saturated rings. The number of aromatic nitrogens is 2. The van der Waals surface area contributed by atoms with E-state index in [1.165, 1.54) is 5.56 Å². The molecule has 2 bridgehead atoms. The van der Waals surface area contributed by atoms with Gasteiger partial charge in [-0.1, -0.05) is 6.42 Å². The van der Waals surface area contributed by atoms with Crippen molar-refractivity contribution in [3.8, 4) is 0 Å². The fourth-order valence-electron chi connectivity index (χ4n) is 3.82. The minimum absolute atomic E-state index is 0.0340. The Labute approximate surface area is 137 Å². The number of carbonyl (C=O) groups is 2. The van der Waals surface area contributed by atoms with Crippen LogP contribution in [-0.2, 0) is 23.1 Å². The second-order valence-corrected chi connectivity index (χ2v) is 6.91. The Hall–Kier alpha value is -1.85. The van der Waals surface area contributed by atoms with Crippen LogP contribution < -0.4 is 5.32 Å². The van der Waals surface area contributed by atoms with Gasteiger partial charge in [0.15, 0.2) is 0 Å². The molecule has 6 nitrogen and oxygen atoms in total. The summed E-state index contributed by atoms with van der Waals surface area (Å²) in [4.78, 5) is 26.6. The molecule has 1 aromatic heterocycles. The Kier molecular flexibility index (Phi) is 4.41. The van der Waals surface area contributed by atoms with E-state index >= 15 is 0 Å². The van der Waals surface area contributed by atoms with E-state index in [4.69, 9.17) is 0 Å². The third kappa shape index (κ3) is 3.26. The van der Waals surface area contributed by atoms with Crippen molar-refractivity contribution in [2.45, 2.75) is 52.0 Å². The molecule has 2 aliphatic heterocycles. The largest absolute Gasteiger partial charge is 0.351 e. The maximum absolute atomic E-state index is 12.7. The molecular formula is C17H26N4O2. The molecule has 23 heavy (non-hydrogen) atoms. The molecule has 0 saturated carbocycles. The summed E-state index contributed by atoms with van der Waals surface area (Å²) in [5.74, 6) is 0.246. The molecule has 0 unspecified atom stereocenters. The number of nitrogens with one attached hydrogen (secondary N) is 1. The molecule has 2 saturated heterocycles. The first-order valence-corrected chi connectivity index (χ1v) is 8.53. The lowest BCUT2D eigenvalue weighted by molar-refractivity contribution is -0.132. The number of rotatable bonds is 3. The van der Waals surface area contributed by atoms with Gasteiger partial charge in [-0.15, -0.1) is 0 Å². The monoisotopic (exact) mass is 318 g/mol. The Balaban J connectivity index is 1.65. The Bertz CT molecular complexity index is 622. The molecule has 0 radical (unpaired) electrons. The average molecular weight is 318 g/mol. The first kappa shape index (κ1) is 16.0. The van der Waals surface area contributed by atoms with E-state index in [9.17, 15) is 9.59 Å². The first-order valence-electron chi connectivity index (χ1n) is 8.53. The standard InChI is InChI=1S/C17H26N4O2/c1-11-15(12(2)20(3)19-11)7-8-16(22)21-9-13-5-4-6-14(10-21)18-17(13)23/h13-14H,4-10H2,1-3H3,(H,18,23)/t13-,14+/m1/s1. The molecule has 6 heteroatoms. The maximum Gasteiger partial charge on any atom is 0.225 e. The van der Waals surface area contributed by atoms with Crippen LogP contribution in [0.4, 0.5) is 0 Å². The summed E-state index contributed by atoms with van der Waals surface area (Å²) in [6.07, 6.45) is 4.16. The number of fused-ring (bicyclic) bond motifs is 3. The summed E-state index contributed by atoms with van der Waals surface area (Å²) in [7, 11) is 1.93. The van der Waals surface area contributed by atoms with E-state index < -0.39 is 0 Å². The molecule has 3 heterocycles. The number of hydrogen-bond acceptors (Lipinski definition) is 3. The summed E-state index contributed by atoms with van der Waals surface area (Å²) in [5, 5.41) is 7.48. The van der Waals surface area contributed by atoms with Crippen LogP contribution in [0.15, 0.2) is 0 Å². The lowest BCUT2D eigenvalue weighted by Gasteiger charge is -2.27. The van der Waals surface area contributed by atoms with Gasteiger partial charge in [-0.3, -0.25) is 14.3 Å². The second-order valence-electron chi connectivity index (χ2n) is 6.91. The van der Waals surface area contributed by atoms with Crippen LogP contribution in [-0.4, -0.2) is 45.6 Å². The second kappa shape index (κ2) is 6.34. The number of aryl methyl sites for hydroxylation is 2. The third-order valence-corrected chi connectivity index (χ3v) is 5.30. The topological polar surface area (TPSA) is 67.2 Å². The molecule has 126 valence electrons. The van der Waals surface area contributed by atoms with Crippen molar-refractivity contribution in [1.82, 2.24) is 20.0 Å². The van der Waals surface area contributed by atoms with Crippen molar-refractivity contribution < 1.29 is 9.59 Å². The highest BCUT2D eigenvalue weighted by Gasteiger charge is 2.34. The van der Waals surface area contributed by atoms with Gasteiger partial charge >= 0.3 is 0 Å². The van der Waals surface area contributed by atoms with Crippen LogP contribution in [0.2, 0.25) is 0 Å². The maximum atomic E-state index is 12.7. The fourth-order valence-corrected chi connectivity index (χ4v) is 3.82. The molecule has 2 aliphatic rings. The molecule has 2 atom stereocenters. The van der Waals surface area contributed by atoms with Gasteiger partial charge in [0.25, 0.3) is 0 Å². The van der Waals surface area contributed by atoms with Crippen molar-refractivity contribution in [2.75, 3.05) is 13.1 Å². The third-order valence-electron chi connectivity index (χ3n) is 5.30. The highest BCUT2D eigenvalue weighted by Crippen LogP contribution is 2.23. The highest BCUT2D eigenvalue weighted by molar-refractivity contribution is 5.82. The predicted molar refractivity (Wildman–Crippen MR) is 86.9 cm³/mol. The zero-order valence-corrected chi connectivity index (χ0v) is 14.3. The first-order chi connectivity index (χ1) is 11.0. The molecular weight excluding hydrogens is 292 g/mol. The number of nitrogens with zero attached hydrogens (tertiary/aromatic N) is 3. The highest BCUT2D eigenvalue weighted by atomic mass is 16.2. The predicted octanol–water partition coefficient (Wildman–Crippen LogP) is 1.10. The van der Waals surface area contributed by atoms with Gasteiger partial charge in [-0.05, 0) is 38.7 Å². The normalized spacial score (nSPS) is 24.3. The van der Waals surface area contributed by atoms with E-state index in [0.29, 0.717) is 19.5 Å². The SMILES string of the molecule is Cc1nn(C)c(C)c1CCC(=O)N1C[C@@H]2CCC[C@H](C1)C(=O)N2. The van der Waals surface area contributed by atoms with Gasteiger partial charge < -0.3 is 10.2 Å². The Morgan fingerprint density at radius 3 is 2.78 bits per heavy atom. The van der Waals surface area contributed by atoms with Crippen LogP contribution in [0, 0.1) is 19.8 Å². The lowest BCUT2D eigenvalue weighted by atomic mass is 9.98.